The summed E-state index contributed by atoms with van der Waals surface area (Å²) in [5, 5.41) is 0. The molecule has 0 spiro atoms. The average molecular weight is 333 g/mol. The molecule has 0 amide bonds. The van der Waals surface area contributed by atoms with Crippen LogP contribution in [-0.2, 0) is 18.5 Å². The molecule has 0 aliphatic carbocycles. The van der Waals surface area contributed by atoms with Gasteiger partial charge in [-0.25, -0.2) is 8.42 Å². The smallest absolute Gasteiger partial charge is 0.233 e. The van der Waals surface area contributed by atoms with Gasteiger partial charge in [0.05, 0.1) is 18.5 Å². The molecule has 118 valence electrons. The van der Waals surface area contributed by atoms with Crippen molar-refractivity contribution in [2.75, 3.05) is 25.6 Å². The number of hydrogen-bond donors (Lipinski definition) is 0. The van der Waals surface area contributed by atoms with Gasteiger partial charge >= 0.3 is 0 Å². The zero-order valence-electron chi connectivity index (χ0n) is 12.1. The van der Waals surface area contributed by atoms with Crippen molar-refractivity contribution in [3.63, 3.8) is 0 Å². The number of hydrogen-bond acceptors (Lipinski definition) is 4. The van der Waals surface area contributed by atoms with Crippen molar-refractivity contribution in [2.45, 2.75) is 25.9 Å². The molecule has 0 aromatic heterocycles. The Kier molecular flexibility index (Phi) is 5.66. The Labute approximate surface area is 130 Å². The maximum absolute atomic E-state index is 11.5. The molecule has 1 saturated heterocycles. The van der Waals surface area contributed by atoms with Crippen LogP contribution >= 0.6 is 10.7 Å². The second kappa shape index (κ2) is 7.09. The molecule has 4 nitrogen and oxygen atoms in total. The van der Waals surface area contributed by atoms with Crippen molar-refractivity contribution in [1.82, 2.24) is 0 Å². The molecule has 1 heterocycles. The molecular weight excluding hydrogens is 312 g/mol. The largest absolute Gasteiger partial charge is 0.381 e. The molecule has 1 fully saturated rings. The highest BCUT2D eigenvalue weighted by Crippen LogP contribution is 2.35. The molecule has 0 radical (unpaired) electrons. The van der Waals surface area contributed by atoms with Gasteiger partial charge in [-0.15, -0.1) is 0 Å². The fraction of sp³-hybridized carbons (Fsp3) is 0.600. The molecule has 1 aromatic carbocycles. The lowest BCUT2D eigenvalue weighted by Crippen LogP contribution is -2.39. The number of rotatable bonds is 6. The van der Waals surface area contributed by atoms with Gasteiger partial charge in [-0.1, -0.05) is 30.3 Å². The molecule has 0 bridgehead atoms. The van der Waals surface area contributed by atoms with Gasteiger partial charge in [0.1, 0.15) is 0 Å². The lowest BCUT2D eigenvalue weighted by atomic mass is 9.83. The Morgan fingerprint density at radius 1 is 1.29 bits per heavy atom. The van der Waals surface area contributed by atoms with Gasteiger partial charge in [-0.05, 0) is 25.3 Å². The van der Waals surface area contributed by atoms with Crippen molar-refractivity contribution in [1.29, 1.82) is 0 Å². The lowest BCUT2D eigenvalue weighted by molar-refractivity contribution is -0.0493. The highest BCUT2D eigenvalue weighted by molar-refractivity contribution is 8.13. The van der Waals surface area contributed by atoms with Gasteiger partial charge in [0.25, 0.3) is 0 Å². The van der Waals surface area contributed by atoms with Gasteiger partial charge in [0.15, 0.2) is 0 Å². The summed E-state index contributed by atoms with van der Waals surface area (Å²) < 4.78 is 34.3. The second-order valence-corrected chi connectivity index (χ2v) is 8.44. The maximum atomic E-state index is 11.5. The molecule has 0 saturated carbocycles. The Hall–Kier alpha value is -0.620. The van der Waals surface area contributed by atoms with Crippen LogP contribution < -0.4 is 0 Å². The van der Waals surface area contributed by atoms with Crippen LogP contribution in [0.1, 0.15) is 31.4 Å². The van der Waals surface area contributed by atoms with Gasteiger partial charge in [0, 0.05) is 29.3 Å². The Bertz CT molecular complexity index is 538. The SMILES string of the molecule is CC(OCC1(CS(=O)(=O)Cl)CCOCC1)c1ccccc1. The third kappa shape index (κ3) is 5.25. The molecule has 1 aliphatic rings. The summed E-state index contributed by atoms with van der Waals surface area (Å²) in [6.45, 7) is 3.45. The standard InChI is InChI=1S/C15H21ClO4S/c1-13(14-5-3-2-4-6-14)20-11-15(12-21(16,17)18)7-9-19-10-8-15/h2-6,13H,7-12H2,1H3. The summed E-state index contributed by atoms with van der Waals surface area (Å²) in [6, 6.07) is 9.88. The summed E-state index contributed by atoms with van der Waals surface area (Å²) in [5.74, 6) is -0.0631. The third-order valence-electron chi connectivity index (χ3n) is 3.94. The highest BCUT2D eigenvalue weighted by Gasteiger charge is 2.37. The predicted octanol–water partition coefficient (Wildman–Crippen LogP) is 3.13. The van der Waals surface area contributed by atoms with E-state index in [1.807, 2.05) is 37.3 Å². The first-order valence-electron chi connectivity index (χ1n) is 7.07. The zero-order valence-corrected chi connectivity index (χ0v) is 13.7. The normalized spacial score (nSPS) is 20.1. The number of halogens is 1. The van der Waals surface area contributed by atoms with Crippen molar-refractivity contribution in [2.24, 2.45) is 5.41 Å². The third-order valence-corrected chi connectivity index (χ3v) is 5.23. The van der Waals surface area contributed by atoms with Crippen molar-refractivity contribution < 1.29 is 17.9 Å². The first-order chi connectivity index (χ1) is 9.90. The minimum Gasteiger partial charge on any atom is -0.381 e. The average Bonchev–Trinajstić information content (AvgIpc) is 2.45. The van der Waals surface area contributed by atoms with Crippen LogP contribution in [-0.4, -0.2) is 34.0 Å². The molecule has 21 heavy (non-hydrogen) atoms. The Balaban J connectivity index is 2.02. The van der Waals surface area contributed by atoms with E-state index in [9.17, 15) is 8.42 Å². The van der Waals surface area contributed by atoms with E-state index in [2.05, 4.69) is 0 Å². The summed E-state index contributed by atoms with van der Waals surface area (Å²) in [6.07, 6.45) is 1.23. The molecule has 1 atom stereocenters. The molecule has 1 aromatic rings. The van der Waals surface area contributed by atoms with E-state index in [1.165, 1.54) is 0 Å². The fourth-order valence-electron chi connectivity index (χ4n) is 2.62. The zero-order chi connectivity index (χ0) is 15.3. The fourth-order valence-corrected chi connectivity index (χ4v) is 4.42. The van der Waals surface area contributed by atoms with Crippen molar-refractivity contribution >= 4 is 19.7 Å². The van der Waals surface area contributed by atoms with Gasteiger partial charge in [-0.3, -0.25) is 0 Å². The van der Waals surface area contributed by atoms with E-state index >= 15 is 0 Å². The van der Waals surface area contributed by atoms with Crippen LogP contribution in [0, 0.1) is 5.41 Å². The van der Waals surface area contributed by atoms with E-state index in [0.717, 1.165) is 5.56 Å². The molecule has 6 heteroatoms. The van der Waals surface area contributed by atoms with Crippen LogP contribution in [0.25, 0.3) is 0 Å². The number of benzene rings is 1. The quantitative estimate of drug-likeness (QED) is 0.751. The maximum Gasteiger partial charge on any atom is 0.233 e. The Morgan fingerprint density at radius 2 is 1.90 bits per heavy atom. The summed E-state index contributed by atoms with van der Waals surface area (Å²) >= 11 is 0. The molecule has 1 aliphatic heterocycles. The monoisotopic (exact) mass is 332 g/mol. The van der Waals surface area contributed by atoms with Gasteiger partial charge in [-0.2, -0.15) is 0 Å². The van der Waals surface area contributed by atoms with Crippen LogP contribution in [0.4, 0.5) is 0 Å². The minimum absolute atomic E-state index is 0.0631. The van der Waals surface area contributed by atoms with Crippen LogP contribution in [0.3, 0.4) is 0 Å². The highest BCUT2D eigenvalue weighted by atomic mass is 35.7. The summed E-state index contributed by atoms with van der Waals surface area (Å²) in [7, 11) is 1.91. The van der Waals surface area contributed by atoms with Gasteiger partial charge in [0.2, 0.25) is 9.05 Å². The minimum atomic E-state index is -3.56. The van der Waals surface area contributed by atoms with Crippen molar-refractivity contribution in [3.8, 4) is 0 Å². The molecule has 1 unspecified atom stereocenters. The van der Waals surface area contributed by atoms with E-state index in [0.29, 0.717) is 32.7 Å². The second-order valence-electron chi connectivity index (χ2n) is 5.66. The molecule has 2 rings (SSSR count). The first kappa shape index (κ1) is 16.7. The van der Waals surface area contributed by atoms with E-state index in [-0.39, 0.29) is 11.9 Å². The summed E-state index contributed by atoms with van der Waals surface area (Å²) in [4.78, 5) is 0. The first-order valence-corrected chi connectivity index (χ1v) is 9.55. The summed E-state index contributed by atoms with van der Waals surface area (Å²) in [5.41, 5.74) is 0.635. The molecular formula is C15H21ClO4S. The van der Waals surface area contributed by atoms with E-state index in [1.54, 1.807) is 0 Å². The Morgan fingerprint density at radius 3 is 2.48 bits per heavy atom. The topological polar surface area (TPSA) is 52.6 Å². The van der Waals surface area contributed by atoms with E-state index < -0.39 is 14.5 Å². The van der Waals surface area contributed by atoms with Crippen LogP contribution in [0.5, 0.6) is 0 Å². The van der Waals surface area contributed by atoms with E-state index in [4.69, 9.17) is 20.2 Å². The lowest BCUT2D eigenvalue weighted by Gasteiger charge is -2.36. The van der Waals surface area contributed by atoms with Crippen LogP contribution in [0.15, 0.2) is 30.3 Å². The molecule has 0 N–H and O–H groups in total. The predicted molar refractivity (Wildman–Crippen MR) is 82.9 cm³/mol. The van der Waals surface area contributed by atoms with Crippen molar-refractivity contribution in [3.05, 3.63) is 35.9 Å². The van der Waals surface area contributed by atoms with Crippen LogP contribution in [0.2, 0.25) is 0 Å². The van der Waals surface area contributed by atoms with Gasteiger partial charge < -0.3 is 9.47 Å². The number of ether oxygens (including phenoxy) is 2.